The summed E-state index contributed by atoms with van der Waals surface area (Å²) in [5.41, 5.74) is 0.180. The fourth-order valence-electron chi connectivity index (χ4n) is 2.10. The maximum absolute atomic E-state index is 14.0. The molecular formula is C15H19F2N3O2. The van der Waals surface area contributed by atoms with Gasteiger partial charge in [0.25, 0.3) is 0 Å². The summed E-state index contributed by atoms with van der Waals surface area (Å²) in [6.07, 6.45) is 0.658. The van der Waals surface area contributed by atoms with Crippen LogP contribution >= 0.6 is 0 Å². The molecule has 1 heterocycles. The Morgan fingerprint density at radius 2 is 1.86 bits per heavy atom. The van der Waals surface area contributed by atoms with Crippen molar-refractivity contribution >= 4 is 0 Å². The molecule has 0 aliphatic heterocycles. The first-order valence-corrected chi connectivity index (χ1v) is 7.13. The van der Waals surface area contributed by atoms with Gasteiger partial charge in [-0.2, -0.15) is 0 Å². The van der Waals surface area contributed by atoms with Crippen LogP contribution in [0.15, 0.2) is 16.5 Å². The minimum absolute atomic E-state index is 0.180. The quantitative estimate of drug-likeness (QED) is 0.787. The number of benzene rings is 1. The summed E-state index contributed by atoms with van der Waals surface area (Å²) in [6.45, 7) is 5.00. The first-order valence-electron chi connectivity index (χ1n) is 7.13. The molecule has 0 bridgehead atoms. The van der Waals surface area contributed by atoms with E-state index in [-0.39, 0.29) is 12.1 Å². The molecule has 22 heavy (non-hydrogen) atoms. The highest BCUT2D eigenvalue weighted by molar-refractivity contribution is 5.35. The first kappa shape index (κ1) is 16.4. The molecule has 0 atom stereocenters. The Morgan fingerprint density at radius 1 is 1.14 bits per heavy atom. The van der Waals surface area contributed by atoms with Crippen LogP contribution in [0.4, 0.5) is 8.78 Å². The Kier molecular flexibility index (Phi) is 5.43. The van der Waals surface area contributed by atoms with Crippen molar-refractivity contribution in [2.75, 3.05) is 13.7 Å². The van der Waals surface area contributed by atoms with Crippen molar-refractivity contribution in [3.8, 4) is 5.75 Å². The van der Waals surface area contributed by atoms with E-state index in [0.717, 1.165) is 6.07 Å². The third-order valence-electron chi connectivity index (χ3n) is 3.37. The lowest BCUT2D eigenvalue weighted by atomic mass is 10.1. The van der Waals surface area contributed by atoms with Crippen LogP contribution in [-0.2, 0) is 19.5 Å². The van der Waals surface area contributed by atoms with Crippen LogP contribution in [0.2, 0.25) is 0 Å². The Balaban J connectivity index is 2.18. The Bertz CT molecular complexity index is 631. The predicted octanol–water partition coefficient (Wildman–Crippen LogP) is 2.94. The number of nitrogens with zero attached hydrogens (tertiary/aromatic N) is 3. The van der Waals surface area contributed by atoms with E-state index in [9.17, 15) is 8.78 Å². The van der Waals surface area contributed by atoms with Crippen molar-refractivity contribution < 1.29 is 17.9 Å². The number of aryl methyl sites for hydroxylation is 1. The van der Waals surface area contributed by atoms with E-state index in [2.05, 4.69) is 10.2 Å². The normalized spacial score (nSPS) is 11.2. The van der Waals surface area contributed by atoms with Gasteiger partial charge in [0.15, 0.2) is 11.6 Å². The van der Waals surface area contributed by atoms with Gasteiger partial charge in [0.1, 0.15) is 5.75 Å². The van der Waals surface area contributed by atoms with Crippen molar-refractivity contribution in [1.29, 1.82) is 0 Å². The van der Waals surface area contributed by atoms with Gasteiger partial charge in [0.2, 0.25) is 11.8 Å². The van der Waals surface area contributed by atoms with E-state index in [0.29, 0.717) is 37.0 Å². The highest BCUT2D eigenvalue weighted by Crippen LogP contribution is 2.25. The zero-order chi connectivity index (χ0) is 16.1. The molecule has 0 aliphatic carbocycles. The Hall–Kier alpha value is -2.02. The highest BCUT2D eigenvalue weighted by Gasteiger charge is 2.18. The van der Waals surface area contributed by atoms with Crippen LogP contribution < -0.4 is 4.74 Å². The van der Waals surface area contributed by atoms with E-state index in [4.69, 9.17) is 9.15 Å². The number of ether oxygens (including phenoxy) is 1. The number of hydrogen-bond acceptors (Lipinski definition) is 5. The Labute approximate surface area is 127 Å². The van der Waals surface area contributed by atoms with Gasteiger partial charge in [-0.15, -0.1) is 10.2 Å². The highest BCUT2D eigenvalue weighted by atomic mass is 19.2. The summed E-state index contributed by atoms with van der Waals surface area (Å²) in [5, 5.41) is 7.83. The van der Waals surface area contributed by atoms with Gasteiger partial charge in [0.05, 0.1) is 13.7 Å². The van der Waals surface area contributed by atoms with Crippen LogP contribution in [0.25, 0.3) is 0 Å². The molecule has 5 nitrogen and oxygen atoms in total. The SMILES string of the molecule is CCc1nnc(CN(CC)Cc2c(OC)ccc(F)c2F)o1. The average Bonchev–Trinajstić information content (AvgIpc) is 2.98. The van der Waals surface area contributed by atoms with Crippen LogP contribution in [-0.4, -0.2) is 28.8 Å². The predicted molar refractivity (Wildman–Crippen MR) is 76.4 cm³/mol. The molecule has 0 saturated carbocycles. The second kappa shape index (κ2) is 7.31. The first-order chi connectivity index (χ1) is 10.6. The van der Waals surface area contributed by atoms with Crippen molar-refractivity contribution in [2.45, 2.75) is 33.4 Å². The minimum Gasteiger partial charge on any atom is -0.496 e. The second-order valence-corrected chi connectivity index (χ2v) is 4.79. The average molecular weight is 311 g/mol. The summed E-state index contributed by atoms with van der Waals surface area (Å²) < 4.78 is 38.0. The van der Waals surface area contributed by atoms with E-state index >= 15 is 0 Å². The van der Waals surface area contributed by atoms with Gasteiger partial charge in [-0.3, -0.25) is 4.90 Å². The number of halogens is 2. The molecule has 2 rings (SSSR count). The molecule has 0 unspecified atom stereocenters. The molecule has 7 heteroatoms. The molecule has 1 aromatic carbocycles. The second-order valence-electron chi connectivity index (χ2n) is 4.79. The van der Waals surface area contributed by atoms with E-state index in [1.165, 1.54) is 13.2 Å². The van der Waals surface area contributed by atoms with Crippen LogP contribution in [0.5, 0.6) is 5.75 Å². The number of rotatable bonds is 7. The number of aromatic nitrogens is 2. The van der Waals surface area contributed by atoms with Gasteiger partial charge in [0, 0.05) is 18.5 Å². The largest absolute Gasteiger partial charge is 0.496 e. The zero-order valence-corrected chi connectivity index (χ0v) is 12.9. The molecule has 2 aromatic rings. The molecule has 1 aromatic heterocycles. The summed E-state index contributed by atoms with van der Waals surface area (Å²) in [5.74, 6) is -0.456. The third kappa shape index (κ3) is 3.59. The fraction of sp³-hybridized carbons (Fsp3) is 0.467. The van der Waals surface area contributed by atoms with Crippen molar-refractivity contribution in [3.63, 3.8) is 0 Å². The summed E-state index contributed by atoms with van der Waals surface area (Å²) >= 11 is 0. The molecule has 0 fully saturated rings. The molecule has 120 valence electrons. The monoisotopic (exact) mass is 311 g/mol. The van der Waals surface area contributed by atoms with Crippen LogP contribution in [0.1, 0.15) is 31.2 Å². The summed E-state index contributed by atoms with van der Waals surface area (Å²) in [4.78, 5) is 1.87. The van der Waals surface area contributed by atoms with Gasteiger partial charge >= 0.3 is 0 Å². The third-order valence-corrected chi connectivity index (χ3v) is 3.37. The van der Waals surface area contributed by atoms with Crippen LogP contribution in [0, 0.1) is 11.6 Å². The Morgan fingerprint density at radius 3 is 2.45 bits per heavy atom. The maximum atomic E-state index is 14.0. The van der Waals surface area contributed by atoms with Gasteiger partial charge in [-0.05, 0) is 18.7 Å². The van der Waals surface area contributed by atoms with Gasteiger partial charge in [-0.25, -0.2) is 8.78 Å². The van der Waals surface area contributed by atoms with E-state index in [1.54, 1.807) is 0 Å². The molecule has 0 aliphatic rings. The lowest BCUT2D eigenvalue weighted by Gasteiger charge is -2.20. The molecule has 0 N–H and O–H groups in total. The maximum Gasteiger partial charge on any atom is 0.230 e. The smallest absolute Gasteiger partial charge is 0.230 e. The summed E-state index contributed by atoms with van der Waals surface area (Å²) in [6, 6.07) is 2.48. The topological polar surface area (TPSA) is 51.4 Å². The molecule has 0 amide bonds. The molecular weight excluding hydrogens is 292 g/mol. The molecule has 0 radical (unpaired) electrons. The number of hydrogen-bond donors (Lipinski definition) is 0. The lowest BCUT2D eigenvalue weighted by molar-refractivity contribution is 0.232. The van der Waals surface area contributed by atoms with E-state index < -0.39 is 11.6 Å². The van der Waals surface area contributed by atoms with Gasteiger partial charge < -0.3 is 9.15 Å². The fourth-order valence-corrected chi connectivity index (χ4v) is 2.10. The standard InChI is InChI=1S/C15H19F2N3O2/c1-4-13-18-19-14(22-13)9-20(5-2)8-10-12(21-3)7-6-11(16)15(10)17/h6-7H,4-5,8-9H2,1-3H3. The molecule has 0 spiro atoms. The van der Waals surface area contributed by atoms with Crippen molar-refractivity contribution in [1.82, 2.24) is 15.1 Å². The lowest BCUT2D eigenvalue weighted by Crippen LogP contribution is -2.23. The van der Waals surface area contributed by atoms with Crippen LogP contribution in [0.3, 0.4) is 0 Å². The summed E-state index contributed by atoms with van der Waals surface area (Å²) in [7, 11) is 1.43. The zero-order valence-electron chi connectivity index (χ0n) is 12.9. The minimum atomic E-state index is -0.891. The van der Waals surface area contributed by atoms with Crippen molar-refractivity contribution in [2.24, 2.45) is 0 Å². The molecule has 0 saturated heterocycles. The van der Waals surface area contributed by atoms with Gasteiger partial charge in [-0.1, -0.05) is 13.8 Å². The number of methoxy groups -OCH3 is 1. The van der Waals surface area contributed by atoms with E-state index in [1.807, 2.05) is 18.7 Å². The van der Waals surface area contributed by atoms with Crippen molar-refractivity contribution in [3.05, 3.63) is 41.1 Å².